The van der Waals surface area contributed by atoms with Crippen LogP contribution < -0.4 is 21.3 Å². The third kappa shape index (κ3) is 7.96. The van der Waals surface area contributed by atoms with E-state index in [2.05, 4.69) is 42.0 Å². The molecular formula is C37H43N7O3. The Bertz CT molecular complexity index is 1710. The highest BCUT2D eigenvalue weighted by Crippen LogP contribution is 2.38. The number of aliphatic imine (C=N–C) groups is 1. The molecule has 0 aromatic heterocycles. The van der Waals surface area contributed by atoms with E-state index in [-0.39, 0.29) is 23.9 Å². The molecule has 2 aliphatic rings. The predicted molar refractivity (Wildman–Crippen MR) is 189 cm³/mol. The van der Waals surface area contributed by atoms with E-state index in [1.165, 1.54) is 6.08 Å². The van der Waals surface area contributed by atoms with Crippen LogP contribution in [0.3, 0.4) is 0 Å². The molecule has 0 fully saturated rings. The Morgan fingerprint density at radius 3 is 2.36 bits per heavy atom. The summed E-state index contributed by atoms with van der Waals surface area (Å²) in [5, 5.41) is 12.4. The van der Waals surface area contributed by atoms with Crippen LogP contribution in [0.15, 0.2) is 107 Å². The number of carbonyl (C=O) groups is 3. The second-order valence-corrected chi connectivity index (χ2v) is 12.5. The molecule has 2 aliphatic heterocycles. The van der Waals surface area contributed by atoms with Crippen LogP contribution in [0.5, 0.6) is 0 Å². The van der Waals surface area contributed by atoms with Gasteiger partial charge in [0.25, 0.3) is 5.91 Å². The Morgan fingerprint density at radius 1 is 0.936 bits per heavy atom. The van der Waals surface area contributed by atoms with Crippen LogP contribution in [0.4, 0.5) is 21.9 Å². The molecule has 10 nitrogen and oxygen atoms in total. The zero-order valence-corrected chi connectivity index (χ0v) is 27.6. The number of likely N-dealkylation sites (N-methyl/N-ethyl adjacent to an activating group) is 1. The Kier molecular flexibility index (Phi) is 10.2. The van der Waals surface area contributed by atoms with Crippen LogP contribution in [0, 0.1) is 0 Å². The summed E-state index contributed by atoms with van der Waals surface area (Å²) in [6.07, 6.45) is 4.06. The van der Waals surface area contributed by atoms with Crippen LogP contribution in [0.2, 0.25) is 0 Å². The summed E-state index contributed by atoms with van der Waals surface area (Å²) in [5.41, 5.74) is 5.19. The number of benzene rings is 3. The third-order valence-electron chi connectivity index (χ3n) is 8.47. The van der Waals surface area contributed by atoms with Crippen molar-refractivity contribution < 1.29 is 14.4 Å². The Labute approximate surface area is 276 Å². The van der Waals surface area contributed by atoms with E-state index < -0.39 is 5.54 Å². The molecule has 0 saturated heterocycles. The maximum Gasteiger partial charge on any atom is 0.318 e. The molecule has 4 amide bonds. The van der Waals surface area contributed by atoms with Crippen molar-refractivity contribution in [1.82, 2.24) is 15.1 Å². The van der Waals surface area contributed by atoms with E-state index in [0.29, 0.717) is 36.6 Å². The molecule has 0 radical (unpaired) electrons. The highest BCUT2D eigenvalue weighted by atomic mass is 16.2. The quantitative estimate of drug-likeness (QED) is 0.202. The third-order valence-corrected chi connectivity index (χ3v) is 8.47. The molecule has 47 heavy (non-hydrogen) atoms. The Balaban J connectivity index is 1.19. The first-order valence-electron chi connectivity index (χ1n) is 15.9. The predicted octanol–water partition coefficient (Wildman–Crippen LogP) is 6.07. The second-order valence-electron chi connectivity index (χ2n) is 12.5. The van der Waals surface area contributed by atoms with Crippen molar-refractivity contribution in [1.29, 1.82) is 0 Å². The number of rotatable bonds is 10. The summed E-state index contributed by atoms with van der Waals surface area (Å²) >= 11 is 0. The smallest absolute Gasteiger partial charge is 0.318 e. The normalized spacial score (nSPS) is 15.8. The van der Waals surface area contributed by atoms with Gasteiger partial charge in [-0.15, -0.1) is 0 Å². The van der Waals surface area contributed by atoms with Crippen molar-refractivity contribution in [2.75, 3.05) is 49.7 Å². The summed E-state index contributed by atoms with van der Waals surface area (Å²) < 4.78 is 0. The van der Waals surface area contributed by atoms with Gasteiger partial charge >= 0.3 is 6.03 Å². The van der Waals surface area contributed by atoms with Gasteiger partial charge in [0.15, 0.2) is 0 Å². The first kappa shape index (κ1) is 33.2. The number of carbonyl (C=O) groups excluding carboxylic acids is 3. The van der Waals surface area contributed by atoms with E-state index in [4.69, 9.17) is 4.99 Å². The van der Waals surface area contributed by atoms with Crippen molar-refractivity contribution in [3.8, 4) is 0 Å². The number of amidine groups is 1. The van der Waals surface area contributed by atoms with Gasteiger partial charge in [-0.25, -0.2) is 4.79 Å². The van der Waals surface area contributed by atoms with Gasteiger partial charge in [0.1, 0.15) is 5.84 Å². The lowest BCUT2D eigenvalue weighted by Crippen LogP contribution is -2.51. The lowest BCUT2D eigenvalue weighted by atomic mass is 9.94. The molecule has 5 rings (SSSR count). The molecule has 1 atom stereocenters. The van der Waals surface area contributed by atoms with Crippen LogP contribution >= 0.6 is 0 Å². The van der Waals surface area contributed by atoms with Gasteiger partial charge in [0.2, 0.25) is 5.91 Å². The summed E-state index contributed by atoms with van der Waals surface area (Å²) in [6.45, 7) is 7.84. The van der Waals surface area contributed by atoms with E-state index in [1.54, 1.807) is 30.3 Å². The van der Waals surface area contributed by atoms with Gasteiger partial charge in [-0.05, 0) is 88.0 Å². The van der Waals surface area contributed by atoms with Crippen LogP contribution in [0.25, 0.3) is 0 Å². The minimum absolute atomic E-state index is 0.0709. The Hall–Kier alpha value is -5.22. The molecule has 0 bridgehead atoms. The molecule has 10 heteroatoms. The highest BCUT2D eigenvalue weighted by Gasteiger charge is 2.45. The average Bonchev–Trinajstić information content (AvgIpc) is 3.57. The molecule has 0 spiro atoms. The largest absolute Gasteiger partial charge is 0.340 e. The first-order chi connectivity index (χ1) is 22.5. The number of hydrogen-bond acceptors (Lipinski definition) is 6. The number of anilines is 3. The van der Waals surface area contributed by atoms with Gasteiger partial charge in [-0.3, -0.25) is 14.6 Å². The average molecular weight is 634 g/mol. The highest BCUT2D eigenvalue weighted by molar-refractivity contribution is 6.12. The van der Waals surface area contributed by atoms with Crippen molar-refractivity contribution in [3.63, 3.8) is 0 Å². The number of nitrogens with zero attached hydrogens (tertiary/aromatic N) is 3. The van der Waals surface area contributed by atoms with Gasteiger partial charge < -0.3 is 31.1 Å². The zero-order valence-electron chi connectivity index (χ0n) is 27.6. The summed E-state index contributed by atoms with van der Waals surface area (Å²) in [7, 11) is 3.86. The van der Waals surface area contributed by atoms with Crippen molar-refractivity contribution in [2.24, 2.45) is 4.99 Å². The number of amides is 4. The fourth-order valence-corrected chi connectivity index (χ4v) is 5.79. The number of urea groups is 1. The van der Waals surface area contributed by atoms with Gasteiger partial charge in [-0.2, -0.15) is 0 Å². The van der Waals surface area contributed by atoms with Gasteiger partial charge in [-0.1, -0.05) is 49.4 Å². The zero-order chi connectivity index (χ0) is 33.6. The fraction of sp³-hybridized carbons (Fsp3) is 0.297. The van der Waals surface area contributed by atoms with E-state index >= 15 is 0 Å². The SMILES string of the molecule is CC[C@@H](NC(=O)N1CC2=C(CN=C2Nc2cccc(NC(=O)c3ccc(NC(=O)/C=C/CN(C)C)cc3)c2)C1(C)C)c1ccccc1. The molecule has 0 saturated carbocycles. The molecule has 0 unspecified atom stereocenters. The van der Waals surface area contributed by atoms with Crippen LogP contribution in [-0.2, 0) is 4.79 Å². The van der Waals surface area contributed by atoms with E-state index in [1.807, 2.05) is 78.5 Å². The first-order valence-corrected chi connectivity index (χ1v) is 15.9. The van der Waals surface area contributed by atoms with Gasteiger partial charge in [0.05, 0.1) is 24.7 Å². The van der Waals surface area contributed by atoms with Crippen LogP contribution in [-0.4, -0.2) is 72.7 Å². The maximum atomic E-state index is 13.6. The number of hydrogen-bond donors (Lipinski definition) is 4. The van der Waals surface area contributed by atoms with Crippen LogP contribution in [0.1, 0.15) is 49.2 Å². The lowest BCUT2D eigenvalue weighted by Gasteiger charge is -2.35. The maximum absolute atomic E-state index is 13.6. The Morgan fingerprint density at radius 2 is 1.66 bits per heavy atom. The molecule has 244 valence electrons. The fourth-order valence-electron chi connectivity index (χ4n) is 5.79. The standard InChI is InChI=1S/C37H43N7O3/c1-6-32(25-12-8-7-9-13-25)42-36(47)44-24-30-31(37(44,2)3)23-38-34(30)40-28-14-10-15-29(22-28)41-35(46)26-17-19-27(20-18-26)39-33(45)16-11-21-43(4)5/h7-20,22,32H,6,21,23-24H2,1-5H3,(H,38,40)(H,39,45)(H,41,46)(H,42,47)/b16-11+/t32-/m1/s1. The summed E-state index contributed by atoms with van der Waals surface area (Å²) in [4.78, 5) is 47.3. The summed E-state index contributed by atoms with van der Waals surface area (Å²) in [6, 6.07) is 24.0. The summed E-state index contributed by atoms with van der Waals surface area (Å²) in [5.74, 6) is 0.235. The lowest BCUT2D eigenvalue weighted by molar-refractivity contribution is -0.111. The molecule has 3 aromatic rings. The molecule has 2 heterocycles. The molecule has 4 N–H and O–H groups in total. The van der Waals surface area contributed by atoms with E-state index in [0.717, 1.165) is 34.7 Å². The minimum atomic E-state index is -0.488. The molecule has 0 aliphatic carbocycles. The second kappa shape index (κ2) is 14.5. The molecule has 3 aromatic carbocycles. The molecular weight excluding hydrogens is 590 g/mol. The minimum Gasteiger partial charge on any atom is -0.340 e. The van der Waals surface area contributed by atoms with E-state index in [9.17, 15) is 14.4 Å². The monoisotopic (exact) mass is 633 g/mol. The number of nitrogens with one attached hydrogen (secondary N) is 4. The van der Waals surface area contributed by atoms with Crippen molar-refractivity contribution >= 4 is 40.7 Å². The van der Waals surface area contributed by atoms with Crippen molar-refractivity contribution in [3.05, 3.63) is 113 Å². The topological polar surface area (TPSA) is 118 Å². The van der Waals surface area contributed by atoms with Gasteiger partial charge in [0, 0.05) is 40.8 Å². The van der Waals surface area contributed by atoms with Crippen molar-refractivity contribution in [2.45, 2.75) is 38.8 Å².